The van der Waals surface area contributed by atoms with Gasteiger partial charge in [0.05, 0.1) is 23.9 Å². The van der Waals surface area contributed by atoms with Gasteiger partial charge in [-0.15, -0.1) is 0 Å². The number of methoxy groups -OCH3 is 1. The molecule has 0 atom stereocenters. The molecular weight excluding hydrogens is 402 g/mol. The summed E-state index contributed by atoms with van der Waals surface area (Å²) < 4.78 is 33.3. The molecule has 1 aromatic carbocycles. The van der Waals surface area contributed by atoms with E-state index >= 15 is 0 Å². The average Bonchev–Trinajstić information content (AvgIpc) is 2.73. The highest BCUT2D eigenvalue weighted by molar-refractivity contribution is 7.89. The second-order valence-corrected chi connectivity index (χ2v) is 9.72. The van der Waals surface area contributed by atoms with E-state index in [1.165, 1.54) is 11.4 Å². The molecule has 1 aliphatic heterocycles. The molecule has 1 N–H and O–H groups in total. The molecular formula is C22H29N3O4S. The lowest BCUT2D eigenvalue weighted by Gasteiger charge is -2.31. The number of aryl methyl sites for hydroxylation is 2. The topological polar surface area (TPSA) is 88.6 Å². The van der Waals surface area contributed by atoms with Crippen LogP contribution in [0.3, 0.4) is 0 Å². The maximum absolute atomic E-state index is 13.4. The van der Waals surface area contributed by atoms with Gasteiger partial charge >= 0.3 is 0 Å². The van der Waals surface area contributed by atoms with E-state index in [9.17, 15) is 13.2 Å². The van der Waals surface area contributed by atoms with Crippen molar-refractivity contribution in [1.82, 2.24) is 9.29 Å². The van der Waals surface area contributed by atoms with Crippen molar-refractivity contribution in [3.63, 3.8) is 0 Å². The highest BCUT2D eigenvalue weighted by Gasteiger charge is 2.34. The molecule has 30 heavy (non-hydrogen) atoms. The Hall–Kier alpha value is -2.45. The van der Waals surface area contributed by atoms with Crippen molar-refractivity contribution in [3.8, 4) is 5.88 Å². The summed E-state index contributed by atoms with van der Waals surface area (Å²) in [5.41, 5.74) is 4.13. The van der Waals surface area contributed by atoms with Crippen LogP contribution in [0.15, 0.2) is 29.3 Å². The quantitative estimate of drug-likeness (QED) is 0.784. The van der Waals surface area contributed by atoms with Crippen molar-refractivity contribution >= 4 is 21.6 Å². The zero-order chi connectivity index (χ0) is 22.1. The molecule has 2 aromatic rings. The maximum atomic E-state index is 13.4. The highest BCUT2D eigenvalue weighted by Crippen LogP contribution is 2.31. The van der Waals surface area contributed by atoms with Gasteiger partial charge in [-0.3, -0.25) is 4.79 Å². The number of pyridine rings is 1. The maximum Gasteiger partial charge on any atom is 0.243 e. The number of sulfonamides is 1. The van der Waals surface area contributed by atoms with Gasteiger partial charge in [0.25, 0.3) is 0 Å². The third kappa shape index (κ3) is 4.34. The van der Waals surface area contributed by atoms with Gasteiger partial charge in [-0.1, -0.05) is 6.07 Å². The summed E-state index contributed by atoms with van der Waals surface area (Å²) in [5.74, 6) is 0.126. The molecule has 2 heterocycles. The Morgan fingerprint density at radius 3 is 2.20 bits per heavy atom. The number of benzene rings is 1. The lowest BCUT2D eigenvalue weighted by molar-refractivity contribution is -0.120. The molecule has 1 saturated heterocycles. The van der Waals surface area contributed by atoms with Crippen LogP contribution in [0.2, 0.25) is 0 Å². The van der Waals surface area contributed by atoms with Crippen molar-refractivity contribution in [2.75, 3.05) is 25.5 Å². The Kier molecular flexibility index (Phi) is 6.47. The molecule has 1 fully saturated rings. The number of amides is 1. The minimum absolute atomic E-state index is 0.113. The molecule has 0 bridgehead atoms. The highest BCUT2D eigenvalue weighted by atomic mass is 32.2. The van der Waals surface area contributed by atoms with Gasteiger partial charge in [-0.25, -0.2) is 13.4 Å². The summed E-state index contributed by atoms with van der Waals surface area (Å²) in [6, 6.07) is 5.43. The number of carbonyl (C=O) groups excluding carboxylic acids is 1. The number of hydrogen-bond acceptors (Lipinski definition) is 5. The molecule has 3 rings (SSSR count). The van der Waals surface area contributed by atoms with E-state index in [4.69, 9.17) is 4.74 Å². The lowest BCUT2D eigenvalue weighted by Crippen LogP contribution is -2.41. The van der Waals surface area contributed by atoms with Crippen LogP contribution < -0.4 is 10.1 Å². The summed E-state index contributed by atoms with van der Waals surface area (Å²) in [6.07, 6.45) is 2.51. The van der Waals surface area contributed by atoms with Gasteiger partial charge in [-0.2, -0.15) is 4.31 Å². The van der Waals surface area contributed by atoms with Crippen LogP contribution in [0.1, 0.15) is 35.1 Å². The first kappa shape index (κ1) is 22.2. The molecule has 0 aliphatic carbocycles. The fourth-order valence-corrected chi connectivity index (χ4v) is 5.92. The standard InChI is InChI=1S/C22H29N3O4S/c1-14-12-15(2)17(4)21(16(14)3)30(27,28)25-10-8-18(9-11-25)22(26)24-19-6-7-20(29-5)23-13-19/h6-7,12-13,18H,8-11H2,1-5H3,(H,24,26). The summed E-state index contributed by atoms with van der Waals surface area (Å²) in [7, 11) is -2.08. The third-order valence-corrected chi connectivity index (χ3v) is 8.11. The van der Waals surface area contributed by atoms with E-state index in [1.54, 1.807) is 18.3 Å². The number of ether oxygens (including phenoxy) is 1. The first-order valence-corrected chi connectivity index (χ1v) is 11.5. The van der Waals surface area contributed by atoms with E-state index in [1.807, 2.05) is 33.8 Å². The van der Waals surface area contributed by atoms with Gasteiger partial charge in [-0.05, 0) is 68.9 Å². The summed E-state index contributed by atoms with van der Waals surface area (Å²) in [5, 5.41) is 2.86. The normalized spacial score (nSPS) is 15.8. The van der Waals surface area contributed by atoms with Crippen LogP contribution >= 0.6 is 0 Å². The summed E-state index contributed by atoms with van der Waals surface area (Å²) in [6.45, 7) is 8.24. The predicted molar refractivity (Wildman–Crippen MR) is 116 cm³/mol. The van der Waals surface area contributed by atoms with E-state index in [0.717, 1.165) is 22.3 Å². The number of piperidine rings is 1. The average molecular weight is 432 g/mol. The molecule has 0 unspecified atom stereocenters. The van der Waals surface area contributed by atoms with Crippen molar-refractivity contribution in [1.29, 1.82) is 0 Å². The van der Waals surface area contributed by atoms with Crippen molar-refractivity contribution in [2.24, 2.45) is 5.92 Å². The molecule has 1 aromatic heterocycles. The fraction of sp³-hybridized carbons (Fsp3) is 0.455. The van der Waals surface area contributed by atoms with Crippen LogP contribution in [-0.4, -0.2) is 43.8 Å². The van der Waals surface area contributed by atoms with Crippen molar-refractivity contribution < 1.29 is 17.9 Å². The van der Waals surface area contributed by atoms with E-state index in [2.05, 4.69) is 10.3 Å². The molecule has 162 valence electrons. The molecule has 0 saturated carbocycles. The Labute approximate surface area is 178 Å². The molecule has 8 heteroatoms. The second kappa shape index (κ2) is 8.73. The minimum atomic E-state index is -3.61. The van der Waals surface area contributed by atoms with Gasteiger partial charge in [0.15, 0.2) is 0 Å². The zero-order valence-electron chi connectivity index (χ0n) is 18.2. The number of carbonyl (C=O) groups is 1. The van der Waals surface area contributed by atoms with Gasteiger partial charge in [0.2, 0.25) is 21.8 Å². The van der Waals surface area contributed by atoms with Crippen LogP contribution in [0.4, 0.5) is 5.69 Å². The lowest BCUT2D eigenvalue weighted by atomic mass is 9.97. The van der Waals surface area contributed by atoms with E-state index in [-0.39, 0.29) is 11.8 Å². The molecule has 0 radical (unpaired) electrons. The monoisotopic (exact) mass is 431 g/mol. The van der Waals surface area contributed by atoms with Crippen molar-refractivity contribution in [3.05, 3.63) is 46.6 Å². The molecule has 1 aliphatic rings. The molecule has 7 nitrogen and oxygen atoms in total. The van der Waals surface area contributed by atoms with Gasteiger partial charge < -0.3 is 10.1 Å². The van der Waals surface area contributed by atoms with Crippen LogP contribution in [0.5, 0.6) is 5.88 Å². The molecule has 1 amide bonds. The number of nitrogens with zero attached hydrogens (tertiary/aromatic N) is 2. The third-order valence-electron chi connectivity index (χ3n) is 5.93. The number of rotatable bonds is 5. The van der Waals surface area contributed by atoms with E-state index in [0.29, 0.717) is 42.4 Å². The minimum Gasteiger partial charge on any atom is -0.481 e. The summed E-state index contributed by atoms with van der Waals surface area (Å²) in [4.78, 5) is 17.1. The Balaban J connectivity index is 1.69. The number of nitrogens with one attached hydrogen (secondary N) is 1. The second-order valence-electron chi connectivity index (χ2n) is 7.85. The van der Waals surface area contributed by atoms with Crippen LogP contribution in [0.25, 0.3) is 0 Å². The van der Waals surface area contributed by atoms with Crippen molar-refractivity contribution in [2.45, 2.75) is 45.4 Å². The largest absolute Gasteiger partial charge is 0.481 e. The number of anilines is 1. The first-order chi connectivity index (χ1) is 14.1. The van der Waals surface area contributed by atoms with E-state index < -0.39 is 10.0 Å². The Bertz CT molecular complexity index is 1010. The zero-order valence-corrected chi connectivity index (χ0v) is 19.0. The fourth-order valence-electron chi connectivity index (χ4n) is 3.87. The van der Waals surface area contributed by atoms with Crippen LogP contribution in [-0.2, 0) is 14.8 Å². The Morgan fingerprint density at radius 1 is 1.10 bits per heavy atom. The first-order valence-electron chi connectivity index (χ1n) is 10.0. The SMILES string of the molecule is COc1ccc(NC(=O)C2CCN(S(=O)(=O)c3c(C)c(C)cc(C)c3C)CC2)cn1. The summed E-state index contributed by atoms with van der Waals surface area (Å²) >= 11 is 0. The Morgan fingerprint density at radius 2 is 1.70 bits per heavy atom. The predicted octanol–water partition coefficient (Wildman–Crippen LogP) is 3.36. The van der Waals surface area contributed by atoms with Gasteiger partial charge in [0.1, 0.15) is 0 Å². The smallest absolute Gasteiger partial charge is 0.243 e. The van der Waals surface area contributed by atoms with Crippen LogP contribution in [0, 0.1) is 33.6 Å². The molecule has 0 spiro atoms. The number of hydrogen-bond donors (Lipinski definition) is 1. The van der Waals surface area contributed by atoms with Gasteiger partial charge in [0, 0.05) is 25.1 Å². The number of aromatic nitrogens is 1.